The molecule has 4 nitrogen and oxygen atoms in total. The molecule has 78 valence electrons. The highest BCUT2D eigenvalue weighted by molar-refractivity contribution is 14.1. The number of carbonyl (C=O) groups excluding carboxylic acids is 1. The van der Waals surface area contributed by atoms with E-state index in [2.05, 4.69) is 24.3 Å². The molecule has 0 radical (unpaired) electrons. The van der Waals surface area contributed by atoms with E-state index < -0.39 is 0 Å². The highest BCUT2D eigenvalue weighted by Crippen LogP contribution is 2.08. The van der Waals surface area contributed by atoms with Crippen molar-refractivity contribution in [1.29, 1.82) is 0 Å². The summed E-state index contributed by atoms with van der Waals surface area (Å²) >= 11 is 1.68. The van der Waals surface area contributed by atoms with E-state index in [1.54, 1.807) is 22.6 Å². The number of nitrogens with one attached hydrogen (secondary N) is 1. The van der Waals surface area contributed by atoms with Crippen molar-refractivity contribution >= 4 is 26.5 Å². The largest absolute Gasteiger partial charge is 0.359 e. The van der Waals surface area contributed by atoms with E-state index in [0.717, 1.165) is 12.1 Å². The molecule has 0 aromatic carbocycles. The summed E-state index contributed by atoms with van der Waals surface area (Å²) in [6.45, 7) is 4.66. The van der Waals surface area contributed by atoms with Crippen LogP contribution in [-0.2, 0) is 13.0 Å². The third-order valence-electron chi connectivity index (χ3n) is 1.63. The zero-order valence-corrected chi connectivity index (χ0v) is 10.4. The molecule has 1 N–H and O–H groups in total. The topological polar surface area (TPSA) is 55.1 Å². The molecule has 0 fully saturated rings. The van der Waals surface area contributed by atoms with Gasteiger partial charge in [-0.1, -0.05) is 19.0 Å². The first kappa shape index (κ1) is 11.5. The molecule has 1 aromatic rings. The molecule has 0 saturated heterocycles. The van der Waals surface area contributed by atoms with Crippen LogP contribution in [-0.4, -0.2) is 9.07 Å². The maximum atomic E-state index is 10.6. The van der Waals surface area contributed by atoms with Gasteiger partial charge in [-0.2, -0.15) is 0 Å². The van der Waals surface area contributed by atoms with Crippen LogP contribution < -0.4 is 5.32 Å². The van der Waals surface area contributed by atoms with Crippen molar-refractivity contribution < 1.29 is 9.32 Å². The van der Waals surface area contributed by atoms with Crippen LogP contribution in [0.4, 0.5) is 4.79 Å². The van der Waals surface area contributed by atoms with Crippen molar-refractivity contribution in [2.75, 3.05) is 0 Å². The SMILES string of the molecule is CC(C)Cc1cc(CNC(=O)I)on1. The summed E-state index contributed by atoms with van der Waals surface area (Å²) in [7, 11) is 0. The second-order valence-corrected chi connectivity index (χ2v) is 4.49. The third kappa shape index (κ3) is 4.08. The lowest BCUT2D eigenvalue weighted by Crippen LogP contribution is -2.14. The van der Waals surface area contributed by atoms with E-state index in [0.29, 0.717) is 18.2 Å². The van der Waals surface area contributed by atoms with Gasteiger partial charge in [-0.25, -0.2) is 0 Å². The third-order valence-corrected chi connectivity index (χ3v) is 2.01. The Morgan fingerprint density at radius 1 is 1.71 bits per heavy atom. The Hall–Kier alpha value is -0.590. The van der Waals surface area contributed by atoms with Crippen LogP contribution in [0.3, 0.4) is 0 Å². The van der Waals surface area contributed by atoms with Crippen molar-refractivity contribution in [1.82, 2.24) is 10.5 Å². The summed E-state index contributed by atoms with van der Waals surface area (Å²) in [5.74, 6) is 1.26. The standard InChI is InChI=1S/C9H13IN2O2/c1-6(2)3-7-4-8(14-12-7)5-11-9(10)13/h4,6H,3,5H2,1-2H3,(H,11,13). The van der Waals surface area contributed by atoms with Crippen molar-refractivity contribution in [3.8, 4) is 0 Å². The molecule has 0 bridgehead atoms. The minimum absolute atomic E-state index is 0.0931. The van der Waals surface area contributed by atoms with Gasteiger partial charge in [0.2, 0.25) is 0 Å². The minimum Gasteiger partial charge on any atom is -0.359 e. The second kappa shape index (κ2) is 5.33. The molecule has 1 aromatic heterocycles. The van der Waals surface area contributed by atoms with Crippen LogP contribution in [0.15, 0.2) is 10.6 Å². The fraction of sp³-hybridized carbons (Fsp3) is 0.556. The Balaban J connectivity index is 2.46. The molecular weight excluding hydrogens is 295 g/mol. The summed E-state index contributed by atoms with van der Waals surface area (Å²) in [5.41, 5.74) is 0.942. The Labute approximate surface area is 96.6 Å². The number of carbonyl (C=O) groups is 1. The summed E-state index contributed by atoms with van der Waals surface area (Å²) in [6.07, 6.45) is 0.904. The van der Waals surface area contributed by atoms with Gasteiger partial charge in [-0.3, -0.25) is 4.79 Å². The fourth-order valence-corrected chi connectivity index (χ4v) is 1.30. The Bertz CT molecular complexity index is 310. The van der Waals surface area contributed by atoms with Crippen molar-refractivity contribution in [3.05, 3.63) is 17.5 Å². The molecule has 14 heavy (non-hydrogen) atoms. The molecule has 0 saturated carbocycles. The maximum Gasteiger partial charge on any atom is 0.281 e. The monoisotopic (exact) mass is 308 g/mol. The van der Waals surface area contributed by atoms with E-state index in [1.807, 2.05) is 6.07 Å². The lowest BCUT2D eigenvalue weighted by Gasteiger charge is -1.97. The first-order valence-electron chi connectivity index (χ1n) is 4.45. The zero-order chi connectivity index (χ0) is 10.6. The van der Waals surface area contributed by atoms with Gasteiger partial charge < -0.3 is 9.84 Å². The summed E-state index contributed by atoms with van der Waals surface area (Å²) in [6, 6.07) is 1.88. The number of rotatable bonds is 4. The molecule has 5 heteroatoms. The quantitative estimate of drug-likeness (QED) is 0.528. The molecule has 0 aliphatic rings. The average Bonchev–Trinajstić information content (AvgIpc) is 2.47. The lowest BCUT2D eigenvalue weighted by atomic mass is 10.1. The number of amides is 1. The molecule has 1 heterocycles. The second-order valence-electron chi connectivity index (χ2n) is 3.51. The smallest absolute Gasteiger partial charge is 0.281 e. The number of hydrogen-bond acceptors (Lipinski definition) is 3. The zero-order valence-electron chi connectivity index (χ0n) is 8.21. The van der Waals surface area contributed by atoms with Crippen molar-refractivity contribution in [2.24, 2.45) is 5.92 Å². The van der Waals surface area contributed by atoms with Gasteiger partial charge >= 0.3 is 0 Å². The van der Waals surface area contributed by atoms with E-state index >= 15 is 0 Å². The van der Waals surface area contributed by atoms with Crippen LogP contribution in [0.25, 0.3) is 0 Å². The summed E-state index contributed by atoms with van der Waals surface area (Å²) in [4.78, 5) is 10.6. The van der Waals surface area contributed by atoms with Gasteiger partial charge in [0, 0.05) is 28.7 Å². The first-order valence-corrected chi connectivity index (χ1v) is 5.53. The molecule has 0 atom stereocenters. The van der Waals surface area contributed by atoms with Gasteiger partial charge in [-0.05, 0) is 12.3 Å². The van der Waals surface area contributed by atoms with Gasteiger partial charge in [0.15, 0.2) is 5.76 Å². The molecule has 0 aliphatic heterocycles. The Morgan fingerprint density at radius 2 is 2.43 bits per heavy atom. The minimum atomic E-state index is -0.0931. The molecule has 1 rings (SSSR count). The molecule has 0 spiro atoms. The van der Waals surface area contributed by atoms with Crippen LogP contribution >= 0.6 is 22.6 Å². The predicted molar refractivity (Wildman–Crippen MR) is 61.3 cm³/mol. The van der Waals surface area contributed by atoms with Gasteiger partial charge in [0.1, 0.15) is 0 Å². The number of nitrogens with zero attached hydrogens (tertiary/aromatic N) is 1. The van der Waals surface area contributed by atoms with Gasteiger partial charge in [0.25, 0.3) is 3.91 Å². The summed E-state index contributed by atoms with van der Waals surface area (Å²) < 4.78 is 4.95. The molecular formula is C9H13IN2O2. The van der Waals surface area contributed by atoms with Gasteiger partial charge in [-0.15, -0.1) is 0 Å². The highest BCUT2D eigenvalue weighted by Gasteiger charge is 2.06. The molecule has 1 amide bonds. The summed E-state index contributed by atoms with van der Waals surface area (Å²) in [5, 5.41) is 6.55. The van der Waals surface area contributed by atoms with E-state index in [1.165, 1.54) is 0 Å². The highest BCUT2D eigenvalue weighted by atomic mass is 127. The van der Waals surface area contributed by atoms with Crippen LogP contribution in [0, 0.1) is 5.92 Å². The van der Waals surface area contributed by atoms with Gasteiger partial charge in [0.05, 0.1) is 12.2 Å². The number of halogens is 1. The van der Waals surface area contributed by atoms with Crippen LogP contribution in [0.2, 0.25) is 0 Å². The number of aromatic nitrogens is 1. The Kier molecular flexibility index (Phi) is 4.37. The maximum absolute atomic E-state index is 10.6. The van der Waals surface area contributed by atoms with E-state index in [4.69, 9.17) is 4.52 Å². The van der Waals surface area contributed by atoms with E-state index in [-0.39, 0.29) is 3.91 Å². The Morgan fingerprint density at radius 3 is 3.00 bits per heavy atom. The van der Waals surface area contributed by atoms with Crippen molar-refractivity contribution in [2.45, 2.75) is 26.8 Å². The predicted octanol–water partition coefficient (Wildman–Crippen LogP) is 2.52. The fourth-order valence-electron chi connectivity index (χ4n) is 1.11. The van der Waals surface area contributed by atoms with Crippen molar-refractivity contribution in [3.63, 3.8) is 0 Å². The molecule has 0 aliphatic carbocycles. The lowest BCUT2D eigenvalue weighted by molar-refractivity contribution is 0.261. The number of hydrogen-bond donors (Lipinski definition) is 1. The van der Waals surface area contributed by atoms with Crippen LogP contribution in [0.1, 0.15) is 25.3 Å². The average molecular weight is 308 g/mol. The normalized spacial score (nSPS) is 10.6. The van der Waals surface area contributed by atoms with Crippen LogP contribution in [0.5, 0.6) is 0 Å². The van der Waals surface area contributed by atoms with E-state index in [9.17, 15) is 4.79 Å². The first-order chi connectivity index (χ1) is 6.58. The molecule has 0 unspecified atom stereocenters.